The van der Waals surface area contributed by atoms with E-state index in [1.807, 2.05) is 6.07 Å². The Bertz CT molecular complexity index is 364. The zero-order chi connectivity index (χ0) is 10.4. The van der Waals surface area contributed by atoms with E-state index in [9.17, 15) is 0 Å². The van der Waals surface area contributed by atoms with Crippen LogP contribution in [-0.2, 0) is 0 Å². The molecule has 0 saturated carbocycles. The molecule has 74 valence electrons. The zero-order valence-corrected chi connectivity index (χ0v) is 7.94. The number of benzene rings is 1. The fourth-order valence-corrected chi connectivity index (χ4v) is 0.966. The Kier molecular flexibility index (Phi) is 3.90. The van der Waals surface area contributed by atoms with Gasteiger partial charge in [0, 0.05) is 5.02 Å². The first-order valence-corrected chi connectivity index (χ1v) is 4.12. The molecule has 0 aliphatic rings. The molecule has 0 bridgehead atoms. The van der Waals surface area contributed by atoms with Crippen molar-refractivity contribution in [2.75, 3.05) is 0 Å². The monoisotopic (exact) mass is 212 g/mol. The zero-order valence-electron chi connectivity index (χ0n) is 7.18. The lowest BCUT2D eigenvalue weighted by molar-refractivity contribution is 0.232. The summed E-state index contributed by atoms with van der Waals surface area (Å²) in [5, 5.41) is 15.9. The fraction of sp³-hybridized carbons (Fsp3) is 0. The number of rotatable bonds is 2. The SMILES string of the molecule is N/C(=N/N=C/c1cccc(Cl)c1)NO. The van der Waals surface area contributed by atoms with E-state index < -0.39 is 0 Å². The number of halogens is 1. The van der Waals surface area contributed by atoms with Crippen LogP contribution in [0.15, 0.2) is 34.5 Å². The van der Waals surface area contributed by atoms with Crippen LogP contribution in [0.3, 0.4) is 0 Å². The molecule has 0 unspecified atom stereocenters. The van der Waals surface area contributed by atoms with E-state index in [1.54, 1.807) is 23.7 Å². The third kappa shape index (κ3) is 3.42. The van der Waals surface area contributed by atoms with Gasteiger partial charge in [-0.15, -0.1) is 5.10 Å². The maximum absolute atomic E-state index is 8.28. The Hall–Kier alpha value is -1.59. The fourth-order valence-electron chi connectivity index (χ4n) is 0.767. The summed E-state index contributed by atoms with van der Waals surface area (Å²) in [5.41, 5.74) is 7.56. The smallest absolute Gasteiger partial charge is 0.237 e. The summed E-state index contributed by atoms with van der Waals surface area (Å²) >= 11 is 5.74. The number of hydroxylamine groups is 1. The van der Waals surface area contributed by atoms with Crippen LogP contribution >= 0.6 is 11.6 Å². The van der Waals surface area contributed by atoms with Gasteiger partial charge in [0.2, 0.25) is 5.96 Å². The third-order valence-corrected chi connectivity index (χ3v) is 1.57. The quantitative estimate of drug-likeness (QED) is 0.388. The van der Waals surface area contributed by atoms with Crippen molar-refractivity contribution in [3.63, 3.8) is 0 Å². The lowest BCUT2D eigenvalue weighted by Gasteiger charge is -1.93. The molecular weight excluding hydrogens is 204 g/mol. The van der Waals surface area contributed by atoms with Gasteiger partial charge in [0.1, 0.15) is 0 Å². The second-order valence-corrected chi connectivity index (χ2v) is 2.83. The number of nitrogens with two attached hydrogens (primary N) is 1. The van der Waals surface area contributed by atoms with Crippen molar-refractivity contribution < 1.29 is 5.21 Å². The van der Waals surface area contributed by atoms with Crippen LogP contribution in [0, 0.1) is 0 Å². The molecule has 0 spiro atoms. The van der Waals surface area contributed by atoms with Gasteiger partial charge >= 0.3 is 0 Å². The standard InChI is InChI=1S/C8H9ClN4O/c9-7-3-1-2-6(4-7)5-11-12-8(10)13-14/h1-5,14H,(H3,10,12,13)/b11-5+. The molecule has 14 heavy (non-hydrogen) atoms. The minimum atomic E-state index is -0.178. The predicted octanol–water partition coefficient (Wildman–Crippen LogP) is 0.967. The maximum Gasteiger partial charge on any atom is 0.237 e. The summed E-state index contributed by atoms with van der Waals surface area (Å²) in [4.78, 5) is 0. The minimum Gasteiger partial charge on any atom is -0.367 e. The van der Waals surface area contributed by atoms with Crippen molar-refractivity contribution in [2.45, 2.75) is 0 Å². The largest absolute Gasteiger partial charge is 0.367 e. The van der Waals surface area contributed by atoms with Gasteiger partial charge in [0.25, 0.3) is 0 Å². The van der Waals surface area contributed by atoms with Crippen LogP contribution in [0.5, 0.6) is 0 Å². The van der Waals surface area contributed by atoms with Crippen LogP contribution in [0.4, 0.5) is 0 Å². The van der Waals surface area contributed by atoms with Crippen LogP contribution in [0.25, 0.3) is 0 Å². The first-order chi connectivity index (χ1) is 6.72. The van der Waals surface area contributed by atoms with Crippen molar-refractivity contribution in [1.82, 2.24) is 5.48 Å². The Morgan fingerprint density at radius 2 is 2.36 bits per heavy atom. The molecular formula is C8H9ClN4O. The highest BCUT2D eigenvalue weighted by molar-refractivity contribution is 6.30. The molecule has 0 heterocycles. The van der Waals surface area contributed by atoms with E-state index in [-0.39, 0.29) is 5.96 Å². The molecule has 1 aromatic rings. The Balaban J connectivity index is 2.69. The molecule has 0 saturated heterocycles. The number of guanidine groups is 1. The van der Waals surface area contributed by atoms with Crippen molar-refractivity contribution in [3.05, 3.63) is 34.9 Å². The number of nitrogens with zero attached hydrogens (tertiary/aromatic N) is 2. The normalized spacial score (nSPS) is 12.0. The van der Waals surface area contributed by atoms with Gasteiger partial charge in [-0.05, 0) is 17.7 Å². The van der Waals surface area contributed by atoms with Crippen molar-refractivity contribution >= 4 is 23.8 Å². The lowest BCUT2D eigenvalue weighted by atomic mass is 10.2. The van der Waals surface area contributed by atoms with Gasteiger partial charge in [-0.25, -0.2) is 5.48 Å². The first kappa shape index (κ1) is 10.5. The van der Waals surface area contributed by atoms with Gasteiger partial charge in [-0.3, -0.25) is 5.21 Å². The molecule has 0 atom stereocenters. The molecule has 0 aromatic heterocycles. The predicted molar refractivity (Wildman–Crippen MR) is 55.6 cm³/mol. The number of hydrogen-bond donors (Lipinski definition) is 3. The Morgan fingerprint density at radius 1 is 1.57 bits per heavy atom. The third-order valence-electron chi connectivity index (χ3n) is 1.34. The first-order valence-electron chi connectivity index (χ1n) is 3.74. The summed E-state index contributed by atoms with van der Waals surface area (Å²) in [5.74, 6) is -0.178. The van der Waals surface area contributed by atoms with E-state index in [0.717, 1.165) is 5.56 Å². The molecule has 1 rings (SSSR count). The highest BCUT2D eigenvalue weighted by Crippen LogP contribution is 2.08. The van der Waals surface area contributed by atoms with Crippen LogP contribution < -0.4 is 11.2 Å². The Morgan fingerprint density at radius 3 is 3.00 bits per heavy atom. The molecule has 0 amide bonds. The minimum absolute atomic E-state index is 0.178. The molecule has 0 aliphatic heterocycles. The van der Waals surface area contributed by atoms with Gasteiger partial charge in [-0.2, -0.15) is 5.10 Å². The van der Waals surface area contributed by atoms with Crippen LogP contribution in [-0.4, -0.2) is 17.4 Å². The van der Waals surface area contributed by atoms with Crippen LogP contribution in [0.1, 0.15) is 5.56 Å². The molecule has 5 nitrogen and oxygen atoms in total. The average molecular weight is 213 g/mol. The average Bonchev–Trinajstić information content (AvgIpc) is 2.17. The Labute approximate surface area is 85.9 Å². The van der Waals surface area contributed by atoms with Crippen LogP contribution in [0.2, 0.25) is 5.02 Å². The van der Waals surface area contributed by atoms with Gasteiger partial charge in [0.05, 0.1) is 6.21 Å². The number of nitrogens with one attached hydrogen (secondary N) is 1. The van der Waals surface area contributed by atoms with Crippen molar-refractivity contribution in [1.29, 1.82) is 0 Å². The van der Waals surface area contributed by atoms with E-state index in [2.05, 4.69) is 10.2 Å². The van der Waals surface area contributed by atoms with Crippen molar-refractivity contribution in [2.24, 2.45) is 15.9 Å². The van der Waals surface area contributed by atoms with Gasteiger partial charge in [-0.1, -0.05) is 23.7 Å². The molecule has 1 aromatic carbocycles. The summed E-state index contributed by atoms with van der Waals surface area (Å²) < 4.78 is 0. The van der Waals surface area contributed by atoms with E-state index >= 15 is 0 Å². The lowest BCUT2D eigenvalue weighted by Crippen LogP contribution is -2.27. The number of hydrogen-bond acceptors (Lipinski definition) is 3. The van der Waals surface area contributed by atoms with Gasteiger partial charge < -0.3 is 5.73 Å². The summed E-state index contributed by atoms with van der Waals surface area (Å²) in [7, 11) is 0. The van der Waals surface area contributed by atoms with E-state index in [1.165, 1.54) is 6.21 Å². The topological polar surface area (TPSA) is 83.0 Å². The van der Waals surface area contributed by atoms with E-state index in [4.69, 9.17) is 22.5 Å². The van der Waals surface area contributed by atoms with E-state index in [0.29, 0.717) is 5.02 Å². The highest BCUT2D eigenvalue weighted by Gasteiger charge is 1.89. The second kappa shape index (κ2) is 5.21. The summed E-state index contributed by atoms with van der Waals surface area (Å²) in [6, 6.07) is 7.09. The molecule has 6 heteroatoms. The maximum atomic E-state index is 8.28. The molecule has 0 radical (unpaired) electrons. The second-order valence-electron chi connectivity index (χ2n) is 2.40. The van der Waals surface area contributed by atoms with Gasteiger partial charge in [0.15, 0.2) is 0 Å². The molecule has 0 fully saturated rings. The summed E-state index contributed by atoms with van der Waals surface area (Å²) in [6.45, 7) is 0. The van der Waals surface area contributed by atoms with Crippen molar-refractivity contribution in [3.8, 4) is 0 Å². The molecule has 4 N–H and O–H groups in total. The highest BCUT2D eigenvalue weighted by atomic mass is 35.5. The summed E-state index contributed by atoms with van der Waals surface area (Å²) in [6.07, 6.45) is 1.47. The molecule has 0 aliphatic carbocycles.